The first-order valence-electron chi connectivity index (χ1n) is 9.99. The quantitative estimate of drug-likeness (QED) is 0.486. The third kappa shape index (κ3) is 5.25. The van der Waals surface area contributed by atoms with Crippen LogP contribution in [0.1, 0.15) is 21.5 Å². The summed E-state index contributed by atoms with van der Waals surface area (Å²) >= 11 is 0. The number of benzene rings is 3. The Hall–Kier alpha value is -4.19. The molecule has 2 amide bonds. The van der Waals surface area contributed by atoms with Gasteiger partial charge in [0.25, 0.3) is 5.91 Å². The number of hydrogen-bond donors (Lipinski definition) is 2. The number of carbonyl (C=O) groups excluding carboxylic acids is 2. The van der Waals surface area contributed by atoms with E-state index in [9.17, 15) is 9.59 Å². The molecule has 1 heterocycles. The monoisotopic (exact) mass is 410 g/mol. The van der Waals surface area contributed by atoms with Gasteiger partial charge in [0.2, 0.25) is 5.91 Å². The number of nitrogens with one attached hydrogen (secondary N) is 2. The van der Waals surface area contributed by atoms with E-state index in [0.29, 0.717) is 17.7 Å². The maximum absolute atomic E-state index is 12.7. The van der Waals surface area contributed by atoms with E-state index in [2.05, 4.69) is 15.7 Å². The highest BCUT2D eigenvalue weighted by atomic mass is 16.2. The van der Waals surface area contributed by atoms with Crippen molar-refractivity contribution < 1.29 is 9.59 Å². The Morgan fingerprint density at radius 2 is 1.58 bits per heavy atom. The van der Waals surface area contributed by atoms with Crippen LogP contribution in [0.25, 0.3) is 5.69 Å². The van der Waals surface area contributed by atoms with Crippen molar-refractivity contribution in [3.8, 4) is 5.69 Å². The van der Waals surface area contributed by atoms with Gasteiger partial charge in [0.15, 0.2) is 0 Å². The smallest absolute Gasteiger partial charge is 0.252 e. The Morgan fingerprint density at radius 1 is 0.839 bits per heavy atom. The molecule has 0 saturated carbocycles. The first-order chi connectivity index (χ1) is 15.2. The van der Waals surface area contributed by atoms with Crippen LogP contribution < -0.4 is 10.6 Å². The van der Waals surface area contributed by atoms with E-state index in [1.165, 1.54) is 0 Å². The average Bonchev–Trinajstić information content (AvgIpc) is 3.34. The Bertz CT molecular complexity index is 1150. The van der Waals surface area contributed by atoms with Crippen LogP contribution in [0.3, 0.4) is 0 Å². The predicted octanol–water partition coefficient (Wildman–Crippen LogP) is 3.83. The summed E-state index contributed by atoms with van der Waals surface area (Å²) in [5.41, 5.74) is 4.16. The van der Waals surface area contributed by atoms with Gasteiger partial charge in [-0.15, -0.1) is 0 Å². The summed E-state index contributed by atoms with van der Waals surface area (Å²) in [7, 11) is 0. The molecule has 0 fully saturated rings. The van der Waals surface area contributed by atoms with Crippen LogP contribution in [0, 0.1) is 0 Å². The second kappa shape index (κ2) is 9.54. The van der Waals surface area contributed by atoms with Crippen LogP contribution in [-0.4, -0.2) is 28.1 Å². The van der Waals surface area contributed by atoms with E-state index in [4.69, 9.17) is 0 Å². The molecule has 0 bridgehead atoms. The van der Waals surface area contributed by atoms with Crippen molar-refractivity contribution in [3.05, 3.63) is 114 Å². The van der Waals surface area contributed by atoms with Gasteiger partial charge in [-0.2, -0.15) is 5.10 Å². The van der Waals surface area contributed by atoms with Gasteiger partial charge < -0.3 is 10.6 Å². The van der Waals surface area contributed by atoms with Crippen molar-refractivity contribution in [2.45, 2.75) is 6.42 Å². The third-order valence-corrected chi connectivity index (χ3v) is 4.83. The second-order valence-corrected chi connectivity index (χ2v) is 7.05. The van der Waals surface area contributed by atoms with Crippen molar-refractivity contribution >= 4 is 17.5 Å². The van der Waals surface area contributed by atoms with Crippen LogP contribution in [0.15, 0.2) is 97.3 Å². The standard InChI is InChI=1S/C25H22N4O2/c30-24(28-21-11-13-22(14-12-21)29-16-6-15-27-29)18-26-25(31)23-10-5-4-9-20(23)17-19-7-2-1-3-8-19/h1-16H,17-18H2,(H,26,31)(H,28,30). The fourth-order valence-electron chi connectivity index (χ4n) is 3.29. The van der Waals surface area contributed by atoms with Gasteiger partial charge in [-0.05, 0) is 53.9 Å². The Labute approximate surface area is 180 Å². The summed E-state index contributed by atoms with van der Waals surface area (Å²) in [6.45, 7) is -0.112. The molecule has 31 heavy (non-hydrogen) atoms. The van der Waals surface area contributed by atoms with Gasteiger partial charge in [0.05, 0.1) is 12.2 Å². The lowest BCUT2D eigenvalue weighted by Crippen LogP contribution is -2.33. The zero-order chi connectivity index (χ0) is 21.5. The molecular weight excluding hydrogens is 388 g/mol. The molecule has 0 aliphatic carbocycles. The molecule has 4 rings (SSSR count). The zero-order valence-corrected chi connectivity index (χ0v) is 16.9. The maximum Gasteiger partial charge on any atom is 0.252 e. The molecule has 3 aromatic carbocycles. The van der Waals surface area contributed by atoms with E-state index >= 15 is 0 Å². The summed E-state index contributed by atoms with van der Waals surface area (Å²) in [6.07, 6.45) is 4.20. The molecule has 0 unspecified atom stereocenters. The van der Waals surface area contributed by atoms with Crippen molar-refractivity contribution in [3.63, 3.8) is 0 Å². The highest BCUT2D eigenvalue weighted by molar-refractivity contribution is 6.00. The molecule has 0 saturated heterocycles. The molecule has 0 aliphatic heterocycles. The van der Waals surface area contributed by atoms with Gasteiger partial charge in [-0.3, -0.25) is 9.59 Å². The molecule has 0 atom stereocenters. The highest BCUT2D eigenvalue weighted by Gasteiger charge is 2.13. The van der Waals surface area contributed by atoms with Crippen molar-refractivity contribution in [2.24, 2.45) is 0 Å². The van der Waals surface area contributed by atoms with Crippen LogP contribution in [-0.2, 0) is 11.2 Å². The largest absolute Gasteiger partial charge is 0.343 e. The summed E-state index contributed by atoms with van der Waals surface area (Å²) in [5, 5.41) is 9.68. The molecule has 1 aromatic heterocycles. The van der Waals surface area contributed by atoms with E-state index < -0.39 is 0 Å². The summed E-state index contributed by atoms with van der Waals surface area (Å²) in [4.78, 5) is 25.0. The fraction of sp³-hybridized carbons (Fsp3) is 0.0800. The van der Waals surface area contributed by atoms with Gasteiger partial charge in [0, 0.05) is 23.6 Å². The Balaban J connectivity index is 1.34. The molecule has 0 spiro atoms. The first kappa shape index (κ1) is 20.1. The molecule has 0 radical (unpaired) electrons. The second-order valence-electron chi connectivity index (χ2n) is 7.05. The van der Waals surface area contributed by atoms with E-state index in [1.807, 2.05) is 72.9 Å². The number of rotatable bonds is 7. The number of carbonyl (C=O) groups is 2. The first-order valence-corrected chi connectivity index (χ1v) is 9.99. The zero-order valence-electron chi connectivity index (χ0n) is 16.9. The fourth-order valence-corrected chi connectivity index (χ4v) is 3.29. The number of aromatic nitrogens is 2. The molecule has 0 aliphatic rings. The number of hydrogen-bond acceptors (Lipinski definition) is 3. The molecule has 6 heteroatoms. The highest BCUT2D eigenvalue weighted by Crippen LogP contribution is 2.15. The van der Waals surface area contributed by atoms with Crippen LogP contribution in [0.2, 0.25) is 0 Å². The predicted molar refractivity (Wildman–Crippen MR) is 120 cm³/mol. The van der Waals surface area contributed by atoms with Crippen LogP contribution in [0.4, 0.5) is 5.69 Å². The minimum Gasteiger partial charge on any atom is -0.343 e. The number of nitrogens with zero attached hydrogens (tertiary/aromatic N) is 2. The van der Waals surface area contributed by atoms with Gasteiger partial charge in [0.1, 0.15) is 0 Å². The van der Waals surface area contributed by atoms with Crippen molar-refractivity contribution in [2.75, 3.05) is 11.9 Å². The SMILES string of the molecule is O=C(CNC(=O)c1ccccc1Cc1ccccc1)Nc1ccc(-n2cccn2)cc1. The minimum absolute atomic E-state index is 0.112. The summed E-state index contributed by atoms with van der Waals surface area (Å²) < 4.78 is 1.73. The molecule has 2 N–H and O–H groups in total. The van der Waals surface area contributed by atoms with Gasteiger partial charge in [-0.1, -0.05) is 48.5 Å². The normalized spacial score (nSPS) is 10.5. The number of anilines is 1. The van der Waals surface area contributed by atoms with Crippen molar-refractivity contribution in [1.82, 2.24) is 15.1 Å². The Kier molecular flexibility index (Phi) is 6.18. The minimum atomic E-state index is -0.291. The molecular formula is C25H22N4O2. The van der Waals surface area contributed by atoms with Crippen molar-refractivity contribution in [1.29, 1.82) is 0 Å². The van der Waals surface area contributed by atoms with E-state index in [-0.39, 0.29) is 18.4 Å². The third-order valence-electron chi connectivity index (χ3n) is 4.83. The summed E-state index contributed by atoms with van der Waals surface area (Å²) in [5.74, 6) is -0.559. The van der Waals surface area contributed by atoms with Crippen LogP contribution in [0.5, 0.6) is 0 Å². The molecule has 4 aromatic rings. The maximum atomic E-state index is 12.7. The van der Waals surface area contributed by atoms with Gasteiger partial charge in [-0.25, -0.2) is 4.68 Å². The number of amides is 2. The average molecular weight is 410 g/mol. The molecule has 154 valence electrons. The molecule has 6 nitrogen and oxygen atoms in total. The lowest BCUT2D eigenvalue weighted by Gasteiger charge is -2.11. The lowest BCUT2D eigenvalue weighted by molar-refractivity contribution is -0.115. The lowest BCUT2D eigenvalue weighted by atomic mass is 9.99. The Morgan fingerprint density at radius 3 is 2.32 bits per heavy atom. The van der Waals surface area contributed by atoms with Crippen LogP contribution >= 0.6 is 0 Å². The topological polar surface area (TPSA) is 76.0 Å². The summed E-state index contributed by atoms with van der Waals surface area (Å²) in [6, 6.07) is 26.6. The van der Waals surface area contributed by atoms with E-state index in [1.54, 1.807) is 29.1 Å². The van der Waals surface area contributed by atoms with Gasteiger partial charge >= 0.3 is 0 Å². The van der Waals surface area contributed by atoms with E-state index in [0.717, 1.165) is 16.8 Å².